The van der Waals surface area contributed by atoms with Crippen LogP contribution >= 0.6 is 0 Å². The van der Waals surface area contributed by atoms with Gasteiger partial charge in [-0.25, -0.2) is 4.98 Å². The topological polar surface area (TPSA) is 63.5 Å². The first-order valence-corrected chi connectivity index (χ1v) is 3.62. The van der Waals surface area contributed by atoms with Crippen molar-refractivity contribution in [3.8, 4) is 5.88 Å². The van der Waals surface area contributed by atoms with Gasteiger partial charge in [-0.15, -0.1) is 0 Å². The van der Waals surface area contributed by atoms with Gasteiger partial charge in [0.15, 0.2) is 5.65 Å². The first kappa shape index (κ1) is 6.97. The van der Waals surface area contributed by atoms with Crippen molar-refractivity contribution < 1.29 is 5.11 Å². The highest BCUT2D eigenvalue weighted by Gasteiger charge is 2.07. The van der Waals surface area contributed by atoms with E-state index in [1.54, 1.807) is 29.7 Å². The van der Waals surface area contributed by atoms with Crippen LogP contribution in [0.4, 0.5) is 5.69 Å². The molecule has 62 valence electrons. The molecule has 2 heterocycles. The molecule has 0 radical (unpaired) electrons. The number of aromatic hydroxyl groups is 1. The highest BCUT2D eigenvalue weighted by molar-refractivity contribution is 5.66. The molecule has 0 aliphatic heterocycles. The number of pyridine rings is 1. The van der Waals surface area contributed by atoms with Gasteiger partial charge in [0.2, 0.25) is 5.88 Å². The van der Waals surface area contributed by atoms with Crippen LogP contribution in [0.15, 0.2) is 18.3 Å². The maximum Gasteiger partial charge on any atom is 0.218 e. The van der Waals surface area contributed by atoms with Crippen molar-refractivity contribution in [1.29, 1.82) is 0 Å². The molecule has 0 atom stereocenters. The van der Waals surface area contributed by atoms with Crippen LogP contribution in [0.25, 0.3) is 5.65 Å². The van der Waals surface area contributed by atoms with Gasteiger partial charge < -0.3 is 10.8 Å². The Kier molecular flexibility index (Phi) is 1.24. The summed E-state index contributed by atoms with van der Waals surface area (Å²) in [6.07, 6.45) is 1.72. The summed E-state index contributed by atoms with van der Waals surface area (Å²) in [4.78, 5) is 4.10. The molecule has 0 aliphatic carbocycles. The largest absolute Gasteiger partial charge is 0.493 e. The molecule has 0 unspecified atom stereocenters. The quantitative estimate of drug-likeness (QED) is 0.607. The van der Waals surface area contributed by atoms with Gasteiger partial charge in [-0.1, -0.05) is 0 Å². The van der Waals surface area contributed by atoms with Crippen LogP contribution in [0.1, 0.15) is 5.69 Å². The fourth-order valence-electron chi connectivity index (χ4n) is 1.19. The molecule has 0 saturated carbocycles. The average molecular weight is 163 g/mol. The lowest BCUT2D eigenvalue weighted by Crippen LogP contribution is -1.90. The number of nitrogens with zero attached hydrogens (tertiary/aromatic N) is 2. The van der Waals surface area contributed by atoms with E-state index in [-0.39, 0.29) is 5.88 Å². The number of aryl methyl sites for hydroxylation is 1. The van der Waals surface area contributed by atoms with Crippen molar-refractivity contribution in [1.82, 2.24) is 9.38 Å². The van der Waals surface area contributed by atoms with E-state index in [1.807, 2.05) is 0 Å². The Morgan fingerprint density at radius 3 is 3.00 bits per heavy atom. The molecular weight excluding hydrogens is 154 g/mol. The van der Waals surface area contributed by atoms with Crippen LogP contribution in [-0.2, 0) is 0 Å². The third kappa shape index (κ3) is 0.747. The van der Waals surface area contributed by atoms with E-state index < -0.39 is 0 Å². The summed E-state index contributed by atoms with van der Waals surface area (Å²) in [6.45, 7) is 1.74. The van der Waals surface area contributed by atoms with Gasteiger partial charge in [0.25, 0.3) is 0 Å². The third-order valence-electron chi connectivity index (χ3n) is 1.82. The molecule has 3 N–H and O–H groups in total. The van der Waals surface area contributed by atoms with Crippen molar-refractivity contribution in [3.63, 3.8) is 0 Å². The molecule has 0 fully saturated rings. The van der Waals surface area contributed by atoms with Gasteiger partial charge in [0, 0.05) is 6.20 Å². The monoisotopic (exact) mass is 163 g/mol. The number of rotatable bonds is 0. The summed E-state index contributed by atoms with van der Waals surface area (Å²) in [5, 5.41) is 9.47. The molecule has 2 aromatic rings. The minimum atomic E-state index is 0.150. The number of nitrogens with two attached hydrogens (primary N) is 1. The molecular formula is C8H9N3O. The van der Waals surface area contributed by atoms with Gasteiger partial charge in [-0.05, 0) is 19.1 Å². The lowest BCUT2D eigenvalue weighted by atomic mass is 10.4. The number of hydrogen-bond donors (Lipinski definition) is 2. The van der Waals surface area contributed by atoms with Crippen molar-refractivity contribution in [3.05, 3.63) is 24.0 Å². The highest BCUT2D eigenvalue weighted by atomic mass is 16.3. The van der Waals surface area contributed by atoms with Crippen LogP contribution in [0.2, 0.25) is 0 Å². The summed E-state index contributed by atoms with van der Waals surface area (Å²) in [7, 11) is 0. The number of nitrogen functional groups attached to an aromatic ring is 1. The Bertz CT molecular complexity index is 433. The van der Waals surface area contributed by atoms with Crippen molar-refractivity contribution in [2.24, 2.45) is 0 Å². The summed E-state index contributed by atoms with van der Waals surface area (Å²) in [5.74, 6) is 0.150. The Morgan fingerprint density at radius 2 is 2.33 bits per heavy atom. The minimum absolute atomic E-state index is 0.150. The lowest BCUT2D eigenvalue weighted by Gasteiger charge is -1.96. The first-order chi connectivity index (χ1) is 5.70. The zero-order chi connectivity index (χ0) is 8.72. The SMILES string of the molecule is Cc1nc2c(N)cccn2c1O. The van der Waals surface area contributed by atoms with Gasteiger partial charge in [-0.3, -0.25) is 4.40 Å². The zero-order valence-electron chi connectivity index (χ0n) is 6.65. The number of anilines is 1. The standard InChI is InChI=1S/C8H9N3O/c1-5-8(12)11-4-2-3-6(9)7(11)10-5/h2-4,12H,9H2,1H3. The maximum absolute atomic E-state index is 9.47. The van der Waals surface area contributed by atoms with Crippen LogP contribution in [0.5, 0.6) is 5.88 Å². The lowest BCUT2D eigenvalue weighted by molar-refractivity contribution is 0.444. The van der Waals surface area contributed by atoms with E-state index in [2.05, 4.69) is 4.98 Å². The summed E-state index contributed by atoms with van der Waals surface area (Å²) in [6, 6.07) is 3.52. The second-order valence-electron chi connectivity index (χ2n) is 2.68. The first-order valence-electron chi connectivity index (χ1n) is 3.62. The average Bonchev–Trinajstić information content (AvgIpc) is 2.32. The fourth-order valence-corrected chi connectivity index (χ4v) is 1.19. The Labute approximate surface area is 69.3 Å². The number of imidazole rings is 1. The van der Waals surface area contributed by atoms with E-state index in [9.17, 15) is 5.11 Å². The molecule has 0 aliphatic rings. The molecule has 2 aromatic heterocycles. The van der Waals surface area contributed by atoms with Crippen LogP contribution in [0, 0.1) is 6.92 Å². The molecule has 12 heavy (non-hydrogen) atoms. The summed E-state index contributed by atoms with van der Waals surface area (Å²) in [5.41, 5.74) is 7.41. The van der Waals surface area contributed by atoms with E-state index in [0.29, 0.717) is 17.0 Å². The molecule has 0 spiro atoms. The molecule has 0 bridgehead atoms. The van der Waals surface area contributed by atoms with Crippen LogP contribution in [-0.4, -0.2) is 14.5 Å². The predicted octanol–water partition coefficient (Wildman–Crippen LogP) is 0.931. The molecule has 0 saturated heterocycles. The highest BCUT2D eigenvalue weighted by Crippen LogP contribution is 2.21. The van der Waals surface area contributed by atoms with E-state index in [4.69, 9.17) is 5.73 Å². The number of hydrogen-bond acceptors (Lipinski definition) is 3. The maximum atomic E-state index is 9.47. The number of aromatic nitrogens is 2. The van der Waals surface area contributed by atoms with Gasteiger partial charge >= 0.3 is 0 Å². The number of fused-ring (bicyclic) bond motifs is 1. The van der Waals surface area contributed by atoms with Crippen molar-refractivity contribution in [2.75, 3.05) is 5.73 Å². The predicted molar refractivity (Wildman–Crippen MR) is 46.0 cm³/mol. The zero-order valence-corrected chi connectivity index (χ0v) is 6.65. The van der Waals surface area contributed by atoms with E-state index in [1.165, 1.54) is 0 Å². The van der Waals surface area contributed by atoms with Gasteiger partial charge in [0.1, 0.15) is 5.69 Å². The Balaban J connectivity index is 2.95. The fraction of sp³-hybridized carbons (Fsp3) is 0.125. The van der Waals surface area contributed by atoms with Crippen molar-refractivity contribution >= 4 is 11.3 Å². The van der Waals surface area contributed by atoms with Crippen LogP contribution in [0.3, 0.4) is 0 Å². The van der Waals surface area contributed by atoms with Crippen LogP contribution < -0.4 is 5.73 Å². The Morgan fingerprint density at radius 1 is 1.58 bits per heavy atom. The second-order valence-corrected chi connectivity index (χ2v) is 2.68. The Hall–Kier alpha value is -1.71. The molecule has 4 heteroatoms. The molecule has 4 nitrogen and oxygen atoms in total. The summed E-state index contributed by atoms with van der Waals surface area (Å²) < 4.78 is 1.56. The minimum Gasteiger partial charge on any atom is -0.493 e. The van der Waals surface area contributed by atoms with Crippen molar-refractivity contribution in [2.45, 2.75) is 6.92 Å². The van der Waals surface area contributed by atoms with Gasteiger partial charge in [0.05, 0.1) is 5.69 Å². The van der Waals surface area contributed by atoms with Gasteiger partial charge in [-0.2, -0.15) is 0 Å². The smallest absolute Gasteiger partial charge is 0.218 e. The second kappa shape index (κ2) is 2.14. The normalized spacial score (nSPS) is 10.8. The van der Waals surface area contributed by atoms with E-state index in [0.717, 1.165) is 0 Å². The van der Waals surface area contributed by atoms with E-state index >= 15 is 0 Å². The summed E-state index contributed by atoms with van der Waals surface area (Å²) >= 11 is 0. The molecule has 2 rings (SSSR count). The molecule has 0 amide bonds. The third-order valence-corrected chi connectivity index (χ3v) is 1.82. The molecule has 0 aromatic carbocycles.